The summed E-state index contributed by atoms with van der Waals surface area (Å²) in [6.45, 7) is 0. The molecule has 0 atom stereocenters. The van der Waals surface area contributed by atoms with Gasteiger partial charge in [-0.15, -0.1) is 0 Å². The maximum Gasteiger partial charge on any atom is 0.460 e. The summed E-state index contributed by atoms with van der Waals surface area (Å²) in [5.74, 6) is -57.7. The van der Waals surface area contributed by atoms with Crippen molar-refractivity contribution >= 4 is 27.3 Å². The quantitative estimate of drug-likeness (QED) is 0.0908. The highest BCUT2D eigenvalue weighted by Gasteiger charge is 2.95. The van der Waals surface area contributed by atoms with Crippen LogP contribution in [0.3, 0.4) is 0 Å². The molecule has 0 saturated heterocycles. The molecule has 0 heterocycles. The Hall–Kier alpha value is -4.12. The minimum absolute atomic E-state index is 0.125. The smallest absolute Gasteiger partial charge is 0.294 e. The second kappa shape index (κ2) is 11.2. The number of Topliss-reactive ketones (excluding diaryl/α,β-unsaturated/α-hetero) is 1. The van der Waals surface area contributed by atoms with Crippen LogP contribution in [0.1, 0.15) is 21.5 Å². The van der Waals surface area contributed by atoms with E-state index in [1.54, 1.807) is 54.6 Å². The van der Waals surface area contributed by atoms with E-state index in [4.69, 9.17) is 0 Å². The van der Waals surface area contributed by atoms with Gasteiger partial charge in [0.2, 0.25) is 0 Å². The van der Waals surface area contributed by atoms with E-state index in [2.05, 4.69) is 0 Å². The molecule has 0 aliphatic rings. The number of fused-ring (bicyclic) bond motifs is 2. The minimum atomic E-state index is -8.70. The SMILES string of the molecule is O=C(Cc1ccc(C(F)(F)C(F)(F)C(F)(F)C(F)(F)C(F)(F)C(F)(F)C(F)(F)C(F)(F)F)cc1)c1c2ccccc2cc2ccccc12. The Morgan fingerprint density at radius 1 is 0.458 bits per heavy atom. The average Bonchev–Trinajstić information content (AvgIpc) is 2.98. The molecule has 0 aliphatic heterocycles. The molecular formula is C30H15F17O. The number of hydrogen-bond donors (Lipinski definition) is 0. The molecule has 48 heavy (non-hydrogen) atoms. The summed E-state index contributed by atoms with van der Waals surface area (Å²) in [6, 6.07) is 15.3. The number of carbonyl (C=O) groups excluding carboxylic acids is 1. The van der Waals surface area contributed by atoms with Crippen LogP contribution in [0, 0.1) is 0 Å². The van der Waals surface area contributed by atoms with Gasteiger partial charge in [0.1, 0.15) is 0 Å². The summed E-state index contributed by atoms with van der Waals surface area (Å²) >= 11 is 0. The third-order valence-electron chi connectivity index (χ3n) is 7.45. The highest BCUT2D eigenvalue weighted by atomic mass is 19.4. The third kappa shape index (κ3) is 5.12. The molecule has 0 fully saturated rings. The Labute approximate surface area is 256 Å². The molecule has 0 aliphatic carbocycles. The summed E-state index contributed by atoms with van der Waals surface area (Å²) < 4.78 is 232. The number of alkyl halides is 17. The van der Waals surface area contributed by atoms with Gasteiger partial charge in [-0.25, -0.2) is 0 Å². The van der Waals surface area contributed by atoms with Gasteiger partial charge in [0.05, 0.1) is 0 Å². The number of rotatable bonds is 10. The zero-order valence-electron chi connectivity index (χ0n) is 23.0. The molecule has 1 nitrogen and oxygen atoms in total. The second-order valence-electron chi connectivity index (χ2n) is 10.5. The molecule has 0 bridgehead atoms. The van der Waals surface area contributed by atoms with Crippen molar-refractivity contribution in [2.75, 3.05) is 0 Å². The first-order valence-electron chi connectivity index (χ1n) is 12.9. The van der Waals surface area contributed by atoms with Crippen molar-refractivity contribution in [1.29, 1.82) is 0 Å². The molecule has 4 rings (SSSR count). The topological polar surface area (TPSA) is 17.1 Å². The number of carbonyl (C=O) groups is 1. The lowest BCUT2D eigenvalue weighted by Crippen LogP contribution is -2.74. The van der Waals surface area contributed by atoms with Gasteiger partial charge in [0.25, 0.3) is 0 Å². The highest BCUT2D eigenvalue weighted by Crippen LogP contribution is 2.65. The summed E-state index contributed by atoms with van der Waals surface area (Å²) in [5, 5.41) is 2.06. The summed E-state index contributed by atoms with van der Waals surface area (Å²) in [7, 11) is 0. The Balaban J connectivity index is 1.68. The zero-order chi connectivity index (χ0) is 36.5. The monoisotopic (exact) mass is 714 g/mol. The van der Waals surface area contributed by atoms with Gasteiger partial charge in [-0.2, -0.15) is 74.6 Å². The van der Waals surface area contributed by atoms with Gasteiger partial charge in [0, 0.05) is 17.5 Å². The first-order valence-corrected chi connectivity index (χ1v) is 12.9. The van der Waals surface area contributed by atoms with Crippen LogP contribution in [-0.2, 0) is 12.3 Å². The lowest BCUT2D eigenvalue weighted by Gasteiger charge is -2.42. The fourth-order valence-corrected chi connectivity index (χ4v) is 4.76. The molecule has 0 radical (unpaired) electrons. The Morgan fingerprint density at radius 3 is 1.25 bits per heavy atom. The average molecular weight is 714 g/mol. The maximum absolute atomic E-state index is 14.7. The van der Waals surface area contributed by atoms with Crippen LogP contribution in [-0.4, -0.2) is 47.5 Å². The van der Waals surface area contributed by atoms with Crippen LogP contribution in [0.2, 0.25) is 0 Å². The van der Waals surface area contributed by atoms with E-state index in [0.29, 0.717) is 33.7 Å². The van der Waals surface area contributed by atoms with Crippen molar-refractivity contribution in [3.05, 3.63) is 95.6 Å². The Bertz CT molecular complexity index is 1790. The van der Waals surface area contributed by atoms with Crippen LogP contribution in [0.25, 0.3) is 21.5 Å². The van der Waals surface area contributed by atoms with E-state index in [0.717, 1.165) is 0 Å². The van der Waals surface area contributed by atoms with E-state index in [1.165, 1.54) is 0 Å². The van der Waals surface area contributed by atoms with Gasteiger partial charge in [-0.1, -0.05) is 72.8 Å². The molecule has 0 N–H and O–H groups in total. The molecule has 0 saturated carbocycles. The lowest BCUT2D eigenvalue weighted by atomic mass is 9.87. The van der Waals surface area contributed by atoms with Crippen LogP contribution < -0.4 is 0 Å². The number of ketones is 1. The van der Waals surface area contributed by atoms with Crippen molar-refractivity contribution in [3.63, 3.8) is 0 Å². The van der Waals surface area contributed by atoms with Crippen molar-refractivity contribution in [2.24, 2.45) is 0 Å². The Kier molecular flexibility index (Phi) is 8.58. The van der Waals surface area contributed by atoms with Gasteiger partial charge in [-0.05, 0) is 33.2 Å². The van der Waals surface area contributed by atoms with E-state index < -0.39 is 65.4 Å². The van der Waals surface area contributed by atoms with E-state index in [9.17, 15) is 79.4 Å². The molecule has 0 amide bonds. The first kappa shape index (κ1) is 36.7. The molecule has 0 aromatic heterocycles. The zero-order valence-corrected chi connectivity index (χ0v) is 23.0. The summed E-state index contributed by atoms with van der Waals surface area (Å²) in [6.07, 6.45) is -8.48. The van der Waals surface area contributed by atoms with Crippen LogP contribution in [0.15, 0.2) is 78.9 Å². The fourth-order valence-electron chi connectivity index (χ4n) is 4.76. The number of halogens is 17. The van der Waals surface area contributed by atoms with Gasteiger partial charge < -0.3 is 0 Å². The third-order valence-corrected chi connectivity index (χ3v) is 7.45. The van der Waals surface area contributed by atoms with Crippen molar-refractivity contribution in [3.8, 4) is 0 Å². The predicted molar refractivity (Wildman–Crippen MR) is 136 cm³/mol. The van der Waals surface area contributed by atoms with Gasteiger partial charge in [0.15, 0.2) is 5.78 Å². The molecule has 4 aromatic carbocycles. The standard InChI is InChI=1S/C30H15F17O/c31-23(32,24(33,34)25(35,36)26(37,38)27(39,40)28(41,42)29(43,44)30(45,46)47)18-11-9-15(10-12-18)13-21(48)22-19-7-3-1-5-16(19)14-17-6-2-4-8-20(17)22/h1-12,14H,13H2. The van der Waals surface area contributed by atoms with Gasteiger partial charge >= 0.3 is 47.6 Å². The molecule has 260 valence electrons. The summed E-state index contributed by atoms with van der Waals surface area (Å²) in [4.78, 5) is 13.3. The first-order chi connectivity index (χ1) is 21.7. The highest BCUT2D eigenvalue weighted by molar-refractivity contribution is 6.19. The minimum Gasteiger partial charge on any atom is -0.294 e. The Morgan fingerprint density at radius 2 is 0.833 bits per heavy atom. The predicted octanol–water partition coefficient (Wildman–Crippen LogP) is 10.9. The molecule has 18 heteroatoms. The molecule has 4 aromatic rings. The van der Waals surface area contributed by atoms with E-state index in [-0.39, 0.29) is 23.3 Å². The van der Waals surface area contributed by atoms with Crippen molar-refractivity contribution in [1.82, 2.24) is 0 Å². The fraction of sp³-hybridized carbons (Fsp3) is 0.300. The molecular weight excluding hydrogens is 699 g/mol. The van der Waals surface area contributed by atoms with Crippen LogP contribution in [0.5, 0.6) is 0 Å². The second-order valence-corrected chi connectivity index (χ2v) is 10.5. The number of benzene rings is 4. The van der Waals surface area contributed by atoms with E-state index in [1.807, 2.05) is 0 Å². The molecule has 0 spiro atoms. The van der Waals surface area contributed by atoms with Crippen LogP contribution in [0.4, 0.5) is 74.6 Å². The van der Waals surface area contributed by atoms with E-state index >= 15 is 0 Å². The lowest BCUT2D eigenvalue weighted by molar-refractivity contribution is -0.462. The summed E-state index contributed by atoms with van der Waals surface area (Å²) in [5.41, 5.74) is -2.48. The number of hydrogen-bond acceptors (Lipinski definition) is 1. The van der Waals surface area contributed by atoms with Crippen molar-refractivity contribution in [2.45, 2.75) is 54.1 Å². The van der Waals surface area contributed by atoms with Crippen molar-refractivity contribution < 1.29 is 79.4 Å². The maximum atomic E-state index is 14.7. The molecule has 0 unspecified atom stereocenters. The largest absolute Gasteiger partial charge is 0.460 e. The normalized spacial score (nSPS) is 14.5. The van der Waals surface area contributed by atoms with Gasteiger partial charge in [-0.3, -0.25) is 4.79 Å². The van der Waals surface area contributed by atoms with Crippen LogP contribution >= 0.6 is 0 Å².